The van der Waals surface area contributed by atoms with E-state index in [1.807, 2.05) is 23.9 Å². The Morgan fingerprint density at radius 2 is 2.05 bits per heavy atom. The van der Waals surface area contributed by atoms with Gasteiger partial charge in [-0.2, -0.15) is 11.8 Å². The van der Waals surface area contributed by atoms with Crippen molar-refractivity contribution in [3.63, 3.8) is 0 Å². The van der Waals surface area contributed by atoms with Crippen molar-refractivity contribution >= 4 is 23.6 Å². The van der Waals surface area contributed by atoms with Gasteiger partial charge in [-0.3, -0.25) is 4.79 Å². The van der Waals surface area contributed by atoms with E-state index in [0.717, 1.165) is 17.1 Å². The summed E-state index contributed by atoms with van der Waals surface area (Å²) in [7, 11) is 0. The Hall–Kier alpha value is -1.75. The average Bonchev–Trinajstić information content (AvgIpc) is 2.49. The first-order valence-corrected chi connectivity index (χ1v) is 8.05. The van der Waals surface area contributed by atoms with E-state index in [2.05, 4.69) is 18.8 Å². The number of carbonyl (C=O) groups is 2. The van der Waals surface area contributed by atoms with E-state index in [0.29, 0.717) is 18.4 Å². The molecule has 0 radical (unpaired) electrons. The zero-order valence-electron chi connectivity index (χ0n) is 12.2. The molecule has 114 valence electrons. The molecule has 0 saturated carbocycles. The van der Waals surface area contributed by atoms with Crippen LogP contribution in [0.4, 0.5) is 0 Å². The number of hydrogen-bond acceptors (Lipinski definition) is 3. The highest BCUT2D eigenvalue weighted by molar-refractivity contribution is 7.98. The SMILES string of the molecule is C=CCCC(NC(=O)c1ccc(CSCC)cc1)C(=O)O. The van der Waals surface area contributed by atoms with Gasteiger partial charge in [-0.15, -0.1) is 6.58 Å². The van der Waals surface area contributed by atoms with Gasteiger partial charge in [0.25, 0.3) is 5.91 Å². The molecule has 0 bridgehead atoms. The number of thioether (sulfide) groups is 1. The van der Waals surface area contributed by atoms with Crippen LogP contribution in [-0.2, 0) is 10.5 Å². The number of nitrogens with one attached hydrogen (secondary N) is 1. The second-order valence-electron chi connectivity index (χ2n) is 4.56. The van der Waals surface area contributed by atoms with Crippen molar-refractivity contribution in [1.82, 2.24) is 5.32 Å². The van der Waals surface area contributed by atoms with Crippen molar-refractivity contribution in [2.75, 3.05) is 5.75 Å². The quantitative estimate of drug-likeness (QED) is 0.688. The zero-order chi connectivity index (χ0) is 15.7. The van der Waals surface area contributed by atoms with Crippen molar-refractivity contribution in [2.45, 2.75) is 31.6 Å². The summed E-state index contributed by atoms with van der Waals surface area (Å²) in [6.07, 6.45) is 2.53. The van der Waals surface area contributed by atoms with E-state index >= 15 is 0 Å². The summed E-state index contributed by atoms with van der Waals surface area (Å²) in [6, 6.07) is 6.38. The molecule has 1 rings (SSSR count). The maximum atomic E-state index is 12.0. The number of carboxylic acids is 1. The van der Waals surface area contributed by atoms with Crippen LogP contribution in [0, 0.1) is 0 Å². The number of benzene rings is 1. The van der Waals surface area contributed by atoms with Crippen molar-refractivity contribution in [2.24, 2.45) is 0 Å². The molecule has 0 aliphatic heterocycles. The van der Waals surface area contributed by atoms with E-state index < -0.39 is 12.0 Å². The fraction of sp³-hybridized carbons (Fsp3) is 0.375. The van der Waals surface area contributed by atoms with Gasteiger partial charge in [-0.25, -0.2) is 4.79 Å². The molecular formula is C16H21NO3S. The predicted octanol–water partition coefficient (Wildman–Crippen LogP) is 3.09. The second-order valence-corrected chi connectivity index (χ2v) is 5.84. The third kappa shape index (κ3) is 6.04. The van der Waals surface area contributed by atoms with Crippen LogP contribution in [0.3, 0.4) is 0 Å². The highest BCUT2D eigenvalue weighted by Crippen LogP contribution is 2.13. The van der Waals surface area contributed by atoms with E-state index in [9.17, 15) is 9.59 Å². The summed E-state index contributed by atoms with van der Waals surface area (Å²) in [5.74, 6) is 0.573. The summed E-state index contributed by atoms with van der Waals surface area (Å²) in [4.78, 5) is 23.1. The van der Waals surface area contributed by atoms with Crippen LogP contribution >= 0.6 is 11.8 Å². The van der Waals surface area contributed by atoms with Gasteiger partial charge in [-0.1, -0.05) is 25.1 Å². The summed E-state index contributed by atoms with van der Waals surface area (Å²) >= 11 is 1.81. The molecule has 1 aromatic carbocycles. The molecule has 2 N–H and O–H groups in total. The van der Waals surface area contributed by atoms with Gasteiger partial charge in [0.2, 0.25) is 0 Å². The molecule has 0 heterocycles. The second kappa shape index (κ2) is 9.23. The lowest BCUT2D eigenvalue weighted by Crippen LogP contribution is -2.40. The molecule has 1 unspecified atom stereocenters. The Morgan fingerprint density at radius 3 is 2.57 bits per heavy atom. The minimum atomic E-state index is -1.03. The molecule has 5 heteroatoms. The molecule has 4 nitrogen and oxygen atoms in total. The summed E-state index contributed by atoms with van der Waals surface area (Å²) in [6.45, 7) is 5.65. The Morgan fingerprint density at radius 1 is 1.38 bits per heavy atom. The molecule has 0 fully saturated rings. The third-order valence-electron chi connectivity index (χ3n) is 2.95. The van der Waals surface area contributed by atoms with Crippen molar-refractivity contribution in [1.29, 1.82) is 0 Å². The van der Waals surface area contributed by atoms with Crippen molar-refractivity contribution in [3.8, 4) is 0 Å². The number of carbonyl (C=O) groups excluding carboxylic acids is 1. The Kier molecular flexibility index (Phi) is 7.61. The number of carboxylic acid groups (broad SMARTS) is 1. The minimum absolute atomic E-state index is 0.343. The highest BCUT2D eigenvalue weighted by atomic mass is 32.2. The molecule has 0 aliphatic carbocycles. The van der Waals surface area contributed by atoms with Crippen LogP contribution in [0.15, 0.2) is 36.9 Å². The lowest BCUT2D eigenvalue weighted by atomic mass is 10.1. The first-order valence-electron chi connectivity index (χ1n) is 6.89. The molecule has 0 saturated heterocycles. The number of rotatable bonds is 9. The first-order chi connectivity index (χ1) is 10.1. The van der Waals surface area contributed by atoms with Crippen LogP contribution < -0.4 is 5.32 Å². The molecule has 21 heavy (non-hydrogen) atoms. The van der Waals surface area contributed by atoms with Crippen molar-refractivity contribution in [3.05, 3.63) is 48.0 Å². The van der Waals surface area contributed by atoms with Gasteiger partial charge in [0.05, 0.1) is 0 Å². The Balaban J connectivity index is 2.64. The van der Waals surface area contributed by atoms with Crippen LogP contribution in [0.1, 0.15) is 35.7 Å². The largest absolute Gasteiger partial charge is 0.480 e. The van der Waals surface area contributed by atoms with E-state index in [1.165, 1.54) is 0 Å². The molecule has 1 amide bonds. The first kappa shape index (κ1) is 17.3. The van der Waals surface area contributed by atoms with Crippen LogP contribution in [0.25, 0.3) is 0 Å². The van der Waals surface area contributed by atoms with Gasteiger partial charge >= 0.3 is 5.97 Å². The molecule has 1 atom stereocenters. The normalized spacial score (nSPS) is 11.7. The van der Waals surface area contributed by atoms with Gasteiger partial charge in [0, 0.05) is 11.3 Å². The molecule has 1 aromatic rings. The zero-order valence-corrected chi connectivity index (χ0v) is 13.0. The standard InChI is InChI=1S/C16H21NO3S/c1-3-5-6-14(16(19)20)17-15(18)13-9-7-12(8-10-13)11-21-4-2/h3,7-10,14H,1,4-6,11H2,2H3,(H,17,18)(H,19,20). The third-order valence-corrected chi connectivity index (χ3v) is 3.90. The number of aliphatic carboxylic acids is 1. The van der Waals surface area contributed by atoms with Gasteiger partial charge in [-0.05, 0) is 36.3 Å². The summed E-state index contributed by atoms with van der Waals surface area (Å²) < 4.78 is 0. The molecule has 0 aromatic heterocycles. The monoisotopic (exact) mass is 307 g/mol. The number of hydrogen-bond donors (Lipinski definition) is 2. The van der Waals surface area contributed by atoms with Gasteiger partial charge in [0.15, 0.2) is 0 Å². The van der Waals surface area contributed by atoms with E-state index in [4.69, 9.17) is 5.11 Å². The van der Waals surface area contributed by atoms with Gasteiger partial charge in [0.1, 0.15) is 6.04 Å². The lowest BCUT2D eigenvalue weighted by molar-refractivity contribution is -0.139. The van der Waals surface area contributed by atoms with E-state index in [-0.39, 0.29) is 5.91 Å². The fourth-order valence-corrected chi connectivity index (χ4v) is 2.39. The number of allylic oxidation sites excluding steroid dienone is 1. The van der Waals surface area contributed by atoms with Crippen LogP contribution in [-0.4, -0.2) is 28.8 Å². The molecular weight excluding hydrogens is 286 g/mol. The molecule has 0 aliphatic rings. The summed E-state index contributed by atoms with van der Waals surface area (Å²) in [5, 5.41) is 11.6. The average molecular weight is 307 g/mol. The fourth-order valence-electron chi connectivity index (χ4n) is 1.76. The maximum Gasteiger partial charge on any atom is 0.326 e. The van der Waals surface area contributed by atoms with Crippen LogP contribution in [0.5, 0.6) is 0 Å². The Labute approximate surface area is 129 Å². The van der Waals surface area contributed by atoms with Crippen molar-refractivity contribution < 1.29 is 14.7 Å². The Bertz CT molecular complexity index is 485. The predicted molar refractivity (Wildman–Crippen MR) is 86.6 cm³/mol. The summed E-state index contributed by atoms with van der Waals surface area (Å²) in [5.41, 5.74) is 1.63. The smallest absolute Gasteiger partial charge is 0.326 e. The molecule has 0 spiro atoms. The number of amides is 1. The van der Waals surface area contributed by atoms with E-state index in [1.54, 1.807) is 18.2 Å². The topological polar surface area (TPSA) is 66.4 Å². The highest BCUT2D eigenvalue weighted by Gasteiger charge is 2.19. The lowest BCUT2D eigenvalue weighted by Gasteiger charge is -2.13. The van der Waals surface area contributed by atoms with Gasteiger partial charge < -0.3 is 10.4 Å². The van der Waals surface area contributed by atoms with Crippen LogP contribution in [0.2, 0.25) is 0 Å². The minimum Gasteiger partial charge on any atom is -0.480 e. The maximum absolute atomic E-state index is 12.0.